The van der Waals surface area contributed by atoms with Crippen LogP contribution in [-0.4, -0.2) is 10.9 Å². The predicted octanol–water partition coefficient (Wildman–Crippen LogP) is 5.05. The number of hydrogen-bond acceptors (Lipinski definition) is 1. The zero-order valence-corrected chi connectivity index (χ0v) is 15.0. The molecule has 4 aromatic rings. The molecule has 1 amide bonds. The molecule has 0 aliphatic carbocycles. The summed E-state index contributed by atoms with van der Waals surface area (Å²) in [5.41, 5.74) is 4.35. The number of aromatic nitrogens is 1. The van der Waals surface area contributed by atoms with Gasteiger partial charge in [0.2, 0.25) is 5.91 Å². The van der Waals surface area contributed by atoms with Crippen LogP contribution >= 0.6 is 0 Å². The zero-order chi connectivity index (χ0) is 18.1. The summed E-state index contributed by atoms with van der Waals surface area (Å²) in [5.74, 6) is 0.0401. The van der Waals surface area contributed by atoms with Crippen molar-refractivity contribution in [2.24, 2.45) is 0 Å². The van der Waals surface area contributed by atoms with Gasteiger partial charge in [-0.15, -0.1) is 0 Å². The van der Waals surface area contributed by atoms with Crippen molar-refractivity contribution in [3.8, 4) is 0 Å². The Kier molecular flexibility index (Phi) is 4.21. The van der Waals surface area contributed by atoms with Gasteiger partial charge < -0.3 is 10.3 Å². The van der Waals surface area contributed by atoms with Crippen LogP contribution in [0, 0.1) is 6.92 Å². The molecule has 0 saturated heterocycles. The molecule has 0 aliphatic rings. The lowest BCUT2D eigenvalue weighted by Crippen LogP contribution is -2.28. The summed E-state index contributed by atoms with van der Waals surface area (Å²) in [6, 6.07) is 22.6. The topological polar surface area (TPSA) is 44.9 Å². The second-order valence-electron chi connectivity index (χ2n) is 6.81. The molecule has 1 unspecified atom stereocenters. The summed E-state index contributed by atoms with van der Waals surface area (Å²) in [6.07, 6.45) is 0.380. The van der Waals surface area contributed by atoms with Crippen LogP contribution in [0.25, 0.3) is 21.7 Å². The number of aryl methyl sites for hydroxylation is 1. The minimum Gasteiger partial charge on any atom is -0.358 e. The van der Waals surface area contributed by atoms with Gasteiger partial charge in [-0.2, -0.15) is 0 Å². The maximum Gasteiger partial charge on any atom is 0.224 e. The highest BCUT2D eigenvalue weighted by atomic mass is 16.1. The predicted molar refractivity (Wildman–Crippen MR) is 107 cm³/mol. The van der Waals surface area contributed by atoms with Crippen LogP contribution in [0.3, 0.4) is 0 Å². The van der Waals surface area contributed by atoms with Crippen LogP contribution in [-0.2, 0) is 11.2 Å². The van der Waals surface area contributed by atoms with E-state index in [1.807, 2.05) is 50.2 Å². The van der Waals surface area contributed by atoms with E-state index in [1.54, 1.807) is 0 Å². The molecule has 3 nitrogen and oxygen atoms in total. The fraction of sp³-hybridized carbons (Fsp3) is 0.174. The molecule has 0 saturated carbocycles. The van der Waals surface area contributed by atoms with Gasteiger partial charge >= 0.3 is 0 Å². The molecule has 0 radical (unpaired) electrons. The van der Waals surface area contributed by atoms with Crippen molar-refractivity contribution in [3.63, 3.8) is 0 Å². The van der Waals surface area contributed by atoms with Crippen LogP contribution in [0.2, 0.25) is 0 Å². The van der Waals surface area contributed by atoms with E-state index in [1.165, 1.54) is 10.8 Å². The lowest BCUT2D eigenvalue weighted by molar-refractivity contribution is -0.121. The number of rotatable bonds is 4. The van der Waals surface area contributed by atoms with Crippen molar-refractivity contribution in [1.29, 1.82) is 0 Å². The van der Waals surface area contributed by atoms with Gasteiger partial charge in [0.25, 0.3) is 0 Å². The van der Waals surface area contributed by atoms with E-state index < -0.39 is 0 Å². The second-order valence-corrected chi connectivity index (χ2v) is 6.81. The molecule has 130 valence electrons. The third-order valence-electron chi connectivity index (χ3n) is 5.03. The van der Waals surface area contributed by atoms with E-state index in [9.17, 15) is 4.79 Å². The highest BCUT2D eigenvalue weighted by Crippen LogP contribution is 2.25. The largest absolute Gasteiger partial charge is 0.358 e. The number of hydrogen-bond donors (Lipinski definition) is 2. The van der Waals surface area contributed by atoms with Crippen LogP contribution in [0.4, 0.5) is 0 Å². The average Bonchev–Trinajstić information content (AvgIpc) is 2.96. The minimum absolute atomic E-state index is 0.0401. The Morgan fingerprint density at radius 3 is 2.50 bits per heavy atom. The molecule has 0 fully saturated rings. The Morgan fingerprint density at radius 2 is 1.65 bits per heavy atom. The zero-order valence-electron chi connectivity index (χ0n) is 15.0. The molecule has 26 heavy (non-hydrogen) atoms. The standard InChI is InChI=1S/C23H22N2O/c1-15(18-12-7-9-17-8-3-4-10-19(17)18)25-23(26)14-21-16(2)24-22-13-6-5-11-20(21)22/h3-13,15,24H,14H2,1-2H3,(H,25,26). The summed E-state index contributed by atoms with van der Waals surface area (Å²) in [5, 5.41) is 6.67. The van der Waals surface area contributed by atoms with E-state index in [0.717, 1.165) is 27.7 Å². The Morgan fingerprint density at radius 1 is 0.962 bits per heavy atom. The minimum atomic E-state index is -0.0425. The number of amides is 1. The molecule has 4 rings (SSSR count). The van der Waals surface area contributed by atoms with Gasteiger partial charge in [0.05, 0.1) is 12.5 Å². The van der Waals surface area contributed by atoms with Crippen molar-refractivity contribution >= 4 is 27.6 Å². The van der Waals surface area contributed by atoms with E-state index in [-0.39, 0.29) is 11.9 Å². The van der Waals surface area contributed by atoms with Crippen molar-refractivity contribution in [3.05, 3.63) is 83.6 Å². The molecule has 3 aromatic carbocycles. The quantitative estimate of drug-likeness (QED) is 0.535. The van der Waals surface area contributed by atoms with Gasteiger partial charge in [-0.25, -0.2) is 0 Å². The number of carbonyl (C=O) groups is 1. The Hall–Kier alpha value is -3.07. The fourth-order valence-corrected chi connectivity index (χ4v) is 3.72. The number of carbonyl (C=O) groups excluding carboxylic acids is 1. The number of para-hydroxylation sites is 1. The fourth-order valence-electron chi connectivity index (χ4n) is 3.72. The van der Waals surface area contributed by atoms with Crippen LogP contribution in [0.1, 0.15) is 29.8 Å². The number of nitrogens with one attached hydrogen (secondary N) is 2. The van der Waals surface area contributed by atoms with Crippen LogP contribution in [0.15, 0.2) is 66.7 Å². The maximum absolute atomic E-state index is 12.7. The monoisotopic (exact) mass is 342 g/mol. The Balaban J connectivity index is 1.57. The number of H-pyrrole nitrogens is 1. The highest BCUT2D eigenvalue weighted by molar-refractivity contribution is 5.91. The van der Waals surface area contributed by atoms with Crippen LogP contribution < -0.4 is 5.32 Å². The molecule has 1 atom stereocenters. The number of aromatic amines is 1. The van der Waals surface area contributed by atoms with Crippen LogP contribution in [0.5, 0.6) is 0 Å². The molecular formula is C23H22N2O. The van der Waals surface area contributed by atoms with E-state index in [0.29, 0.717) is 6.42 Å². The first-order chi connectivity index (χ1) is 12.6. The molecular weight excluding hydrogens is 320 g/mol. The first-order valence-corrected chi connectivity index (χ1v) is 8.96. The summed E-state index contributed by atoms with van der Waals surface area (Å²) in [4.78, 5) is 16.1. The third kappa shape index (κ3) is 2.97. The van der Waals surface area contributed by atoms with Gasteiger partial charge in [0.15, 0.2) is 0 Å². The maximum atomic E-state index is 12.7. The highest BCUT2D eigenvalue weighted by Gasteiger charge is 2.16. The van der Waals surface area contributed by atoms with Crippen molar-refractivity contribution in [1.82, 2.24) is 10.3 Å². The van der Waals surface area contributed by atoms with Crippen molar-refractivity contribution in [2.75, 3.05) is 0 Å². The van der Waals surface area contributed by atoms with Gasteiger partial charge in [0, 0.05) is 16.6 Å². The molecule has 0 spiro atoms. The first-order valence-electron chi connectivity index (χ1n) is 8.96. The van der Waals surface area contributed by atoms with E-state index in [4.69, 9.17) is 0 Å². The average molecular weight is 342 g/mol. The van der Waals surface area contributed by atoms with Gasteiger partial charge in [0.1, 0.15) is 0 Å². The molecule has 2 N–H and O–H groups in total. The molecule has 3 heteroatoms. The van der Waals surface area contributed by atoms with E-state index in [2.05, 4.69) is 40.6 Å². The SMILES string of the molecule is Cc1[nH]c2ccccc2c1CC(=O)NC(C)c1cccc2ccccc12. The molecule has 0 bridgehead atoms. The summed E-state index contributed by atoms with van der Waals surface area (Å²) in [6.45, 7) is 4.07. The number of fused-ring (bicyclic) bond motifs is 2. The molecule has 1 aromatic heterocycles. The Bertz CT molecular complexity index is 1090. The van der Waals surface area contributed by atoms with Gasteiger partial charge in [-0.1, -0.05) is 60.7 Å². The summed E-state index contributed by atoms with van der Waals surface area (Å²) in [7, 11) is 0. The summed E-state index contributed by atoms with van der Waals surface area (Å²) >= 11 is 0. The second kappa shape index (κ2) is 6.68. The van der Waals surface area contributed by atoms with Gasteiger partial charge in [-0.3, -0.25) is 4.79 Å². The molecule has 1 heterocycles. The van der Waals surface area contributed by atoms with Gasteiger partial charge in [-0.05, 0) is 41.8 Å². The lowest BCUT2D eigenvalue weighted by atomic mass is 9.99. The smallest absolute Gasteiger partial charge is 0.224 e. The van der Waals surface area contributed by atoms with E-state index >= 15 is 0 Å². The normalized spacial score (nSPS) is 12.4. The lowest BCUT2D eigenvalue weighted by Gasteiger charge is -2.17. The first kappa shape index (κ1) is 16.4. The Labute approximate surface area is 153 Å². The summed E-state index contributed by atoms with van der Waals surface area (Å²) < 4.78 is 0. The number of benzene rings is 3. The molecule has 0 aliphatic heterocycles. The van der Waals surface area contributed by atoms with Crippen molar-refractivity contribution in [2.45, 2.75) is 26.3 Å². The third-order valence-corrected chi connectivity index (χ3v) is 5.03. The van der Waals surface area contributed by atoms with Crippen molar-refractivity contribution < 1.29 is 4.79 Å².